The van der Waals surface area contributed by atoms with Crippen LogP contribution in [-0.4, -0.2) is 42.9 Å². The summed E-state index contributed by atoms with van der Waals surface area (Å²) in [7, 11) is -3.47. The number of rotatable bonds is 4. The van der Waals surface area contributed by atoms with Crippen LogP contribution < -0.4 is 4.72 Å². The minimum Gasteiger partial charge on any atom is -0.481 e. The molecule has 1 heterocycles. The van der Waals surface area contributed by atoms with E-state index >= 15 is 0 Å². The average Bonchev–Trinajstić information content (AvgIpc) is 2.38. The maximum absolute atomic E-state index is 12.3. The fourth-order valence-corrected chi connectivity index (χ4v) is 4.65. The smallest absolute Gasteiger partial charge is 0.306 e. The summed E-state index contributed by atoms with van der Waals surface area (Å²) < 4.78 is 28.8. The molecule has 1 aliphatic heterocycles. The molecule has 2 unspecified atom stereocenters. The van der Waals surface area contributed by atoms with Crippen LogP contribution in [0.3, 0.4) is 0 Å². The lowest BCUT2D eigenvalue weighted by molar-refractivity contribution is -0.142. The van der Waals surface area contributed by atoms with E-state index in [0.29, 0.717) is 31.8 Å². The zero-order valence-electron chi connectivity index (χ0n) is 11.9. The van der Waals surface area contributed by atoms with Crippen LogP contribution in [0.2, 0.25) is 0 Å². The Morgan fingerprint density at radius 1 is 1.20 bits per heavy atom. The fourth-order valence-electron chi connectivity index (χ4n) is 3.17. The van der Waals surface area contributed by atoms with E-state index in [0.717, 1.165) is 19.3 Å². The molecule has 116 valence electrons. The van der Waals surface area contributed by atoms with Gasteiger partial charge in [0.15, 0.2) is 0 Å². The van der Waals surface area contributed by atoms with Crippen molar-refractivity contribution in [2.45, 2.75) is 51.5 Å². The van der Waals surface area contributed by atoms with Crippen molar-refractivity contribution in [2.24, 2.45) is 11.8 Å². The lowest BCUT2D eigenvalue weighted by atomic mass is 9.88. The molecule has 6 nitrogen and oxygen atoms in total. The number of piperidine rings is 1. The molecule has 0 aromatic heterocycles. The molecule has 1 saturated carbocycles. The predicted octanol–water partition coefficient (Wildman–Crippen LogP) is 1.20. The Morgan fingerprint density at radius 3 is 2.40 bits per heavy atom. The molecule has 2 atom stereocenters. The van der Waals surface area contributed by atoms with Gasteiger partial charge in [0, 0.05) is 19.1 Å². The highest BCUT2D eigenvalue weighted by Gasteiger charge is 2.33. The van der Waals surface area contributed by atoms with Crippen molar-refractivity contribution < 1.29 is 18.3 Å². The van der Waals surface area contributed by atoms with Crippen LogP contribution in [0.1, 0.15) is 45.4 Å². The number of hydrogen-bond acceptors (Lipinski definition) is 3. The lowest BCUT2D eigenvalue weighted by Crippen LogP contribution is -2.49. The van der Waals surface area contributed by atoms with Gasteiger partial charge in [-0.1, -0.05) is 19.8 Å². The summed E-state index contributed by atoms with van der Waals surface area (Å²) >= 11 is 0. The van der Waals surface area contributed by atoms with E-state index < -0.39 is 22.1 Å². The van der Waals surface area contributed by atoms with E-state index in [2.05, 4.69) is 11.6 Å². The third kappa shape index (κ3) is 3.93. The Bertz CT molecular complexity index is 443. The molecule has 0 aromatic carbocycles. The molecule has 0 aromatic rings. The molecule has 0 spiro atoms. The highest BCUT2D eigenvalue weighted by Crippen LogP contribution is 2.25. The number of carboxylic acids is 1. The highest BCUT2D eigenvalue weighted by atomic mass is 32.2. The zero-order chi connectivity index (χ0) is 14.8. The van der Waals surface area contributed by atoms with E-state index in [1.54, 1.807) is 0 Å². The van der Waals surface area contributed by atoms with Gasteiger partial charge in [0.25, 0.3) is 10.2 Å². The average molecular weight is 304 g/mol. The summed E-state index contributed by atoms with van der Waals surface area (Å²) in [5, 5.41) is 8.93. The van der Waals surface area contributed by atoms with Crippen molar-refractivity contribution in [2.75, 3.05) is 13.1 Å². The monoisotopic (exact) mass is 304 g/mol. The molecular weight excluding hydrogens is 280 g/mol. The van der Waals surface area contributed by atoms with Crippen LogP contribution in [0.4, 0.5) is 0 Å². The van der Waals surface area contributed by atoms with Gasteiger partial charge >= 0.3 is 5.97 Å². The predicted molar refractivity (Wildman–Crippen MR) is 75.4 cm³/mol. The normalized spacial score (nSPS) is 30.2. The summed E-state index contributed by atoms with van der Waals surface area (Å²) in [5.41, 5.74) is 0. The summed E-state index contributed by atoms with van der Waals surface area (Å²) in [6.07, 6.45) is 4.83. The van der Waals surface area contributed by atoms with E-state index in [-0.39, 0.29) is 6.04 Å². The molecule has 0 radical (unpaired) electrons. The van der Waals surface area contributed by atoms with Crippen LogP contribution in [0.25, 0.3) is 0 Å². The van der Waals surface area contributed by atoms with Crippen LogP contribution in [0.15, 0.2) is 0 Å². The van der Waals surface area contributed by atoms with E-state index in [1.807, 2.05) is 0 Å². The quantitative estimate of drug-likeness (QED) is 0.817. The highest BCUT2D eigenvalue weighted by molar-refractivity contribution is 7.87. The number of nitrogens with zero attached hydrogens (tertiary/aromatic N) is 1. The summed E-state index contributed by atoms with van der Waals surface area (Å²) in [5.74, 6) is -0.665. The molecule has 2 rings (SSSR count). The SMILES string of the molecule is CC1CCCC(NS(=O)(=O)N2CCC(C(=O)O)CC2)C1. The van der Waals surface area contributed by atoms with Gasteiger partial charge in [-0.05, 0) is 31.6 Å². The molecule has 1 aliphatic carbocycles. The van der Waals surface area contributed by atoms with Gasteiger partial charge < -0.3 is 5.11 Å². The first kappa shape index (κ1) is 15.7. The second-order valence-corrected chi connectivity index (χ2v) is 7.81. The number of aliphatic carboxylic acids is 1. The van der Waals surface area contributed by atoms with Crippen molar-refractivity contribution in [3.05, 3.63) is 0 Å². The first-order valence-corrected chi connectivity index (χ1v) is 8.82. The first-order chi connectivity index (χ1) is 9.38. The molecule has 2 aliphatic rings. The van der Waals surface area contributed by atoms with Crippen molar-refractivity contribution in [1.29, 1.82) is 0 Å². The molecule has 7 heteroatoms. The van der Waals surface area contributed by atoms with E-state index in [9.17, 15) is 13.2 Å². The third-order valence-corrected chi connectivity index (χ3v) is 6.07. The van der Waals surface area contributed by atoms with Crippen LogP contribution in [0.5, 0.6) is 0 Å². The van der Waals surface area contributed by atoms with Crippen molar-refractivity contribution in [3.63, 3.8) is 0 Å². The third-order valence-electron chi connectivity index (χ3n) is 4.40. The molecule has 0 bridgehead atoms. The Morgan fingerprint density at radius 2 is 1.85 bits per heavy atom. The van der Waals surface area contributed by atoms with Gasteiger partial charge in [-0.2, -0.15) is 17.4 Å². The van der Waals surface area contributed by atoms with Gasteiger partial charge in [-0.15, -0.1) is 0 Å². The van der Waals surface area contributed by atoms with Gasteiger partial charge in [-0.3, -0.25) is 4.79 Å². The maximum Gasteiger partial charge on any atom is 0.306 e. The van der Waals surface area contributed by atoms with Gasteiger partial charge in [0.05, 0.1) is 5.92 Å². The van der Waals surface area contributed by atoms with E-state index in [1.165, 1.54) is 10.7 Å². The second kappa shape index (κ2) is 6.41. The second-order valence-electron chi connectivity index (χ2n) is 6.10. The standard InChI is InChI=1S/C13H24N2O4S/c1-10-3-2-4-12(9-10)14-20(18,19)15-7-5-11(6-8-15)13(16)17/h10-12,14H,2-9H2,1H3,(H,16,17). The molecule has 20 heavy (non-hydrogen) atoms. The first-order valence-electron chi connectivity index (χ1n) is 7.38. The van der Waals surface area contributed by atoms with Gasteiger partial charge in [0.1, 0.15) is 0 Å². The minimum absolute atomic E-state index is 0.0287. The molecular formula is C13H24N2O4S. The largest absolute Gasteiger partial charge is 0.481 e. The Hall–Kier alpha value is -0.660. The van der Waals surface area contributed by atoms with Crippen molar-refractivity contribution >= 4 is 16.2 Å². The number of carbonyl (C=O) groups is 1. The summed E-state index contributed by atoms with van der Waals surface area (Å²) in [4.78, 5) is 10.9. The van der Waals surface area contributed by atoms with Crippen molar-refractivity contribution in [3.8, 4) is 0 Å². The van der Waals surface area contributed by atoms with Crippen LogP contribution >= 0.6 is 0 Å². The Balaban J connectivity index is 1.89. The maximum atomic E-state index is 12.3. The van der Waals surface area contributed by atoms with Gasteiger partial charge in [-0.25, -0.2) is 0 Å². The fraction of sp³-hybridized carbons (Fsp3) is 0.923. The summed E-state index contributed by atoms with van der Waals surface area (Å²) in [6.45, 7) is 2.75. The molecule has 2 fully saturated rings. The van der Waals surface area contributed by atoms with Crippen LogP contribution in [-0.2, 0) is 15.0 Å². The molecule has 0 amide bonds. The van der Waals surface area contributed by atoms with E-state index in [4.69, 9.17) is 5.11 Å². The summed E-state index contributed by atoms with van der Waals surface area (Å²) in [6, 6.07) is 0.0287. The number of nitrogens with one attached hydrogen (secondary N) is 1. The topological polar surface area (TPSA) is 86.7 Å². The number of hydrogen-bond donors (Lipinski definition) is 2. The lowest BCUT2D eigenvalue weighted by Gasteiger charge is -2.33. The molecule has 1 saturated heterocycles. The van der Waals surface area contributed by atoms with Gasteiger partial charge in [0.2, 0.25) is 0 Å². The number of carboxylic acid groups (broad SMARTS) is 1. The van der Waals surface area contributed by atoms with Crippen molar-refractivity contribution in [1.82, 2.24) is 9.03 Å². The van der Waals surface area contributed by atoms with Crippen LogP contribution in [0, 0.1) is 11.8 Å². The Kier molecular flexibility index (Phi) is 5.04. The zero-order valence-corrected chi connectivity index (χ0v) is 12.7. The molecule has 2 N–H and O–H groups in total. The minimum atomic E-state index is -3.47. The Labute approximate surface area is 120 Å².